The van der Waals surface area contributed by atoms with E-state index in [1.807, 2.05) is 35.2 Å². The van der Waals surface area contributed by atoms with Crippen molar-refractivity contribution >= 4 is 17.6 Å². The molecule has 0 atom stereocenters. The van der Waals surface area contributed by atoms with Gasteiger partial charge in [0.2, 0.25) is 5.91 Å². The number of carbonyl (C=O) groups excluding carboxylic acids is 2. The van der Waals surface area contributed by atoms with E-state index in [2.05, 4.69) is 4.90 Å². The van der Waals surface area contributed by atoms with Crippen molar-refractivity contribution in [1.29, 1.82) is 0 Å². The van der Waals surface area contributed by atoms with Crippen LogP contribution in [-0.4, -0.2) is 48.6 Å². The number of esters is 1. The molecule has 1 aliphatic carbocycles. The van der Waals surface area contributed by atoms with Crippen LogP contribution in [0.3, 0.4) is 0 Å². The zero-order valence-corrected chi connectivity index (χ0v) is 17.9. The number of likely N-dealkylation sites (tertiary alicyclic amines) is 1. The predicted octanol–water partition coefficient (Wildman–Crippen LogP) is 4.55. The highest BCUT2D eigenvalue weighted by molar-refractivity contribution is 6.03. The van der Waals surface area contributed by atoms with Gasteiger partial charge in [-0.25, -0.2) is 0 Å². The van der Waals surface area contributed by atoms with Gasteiger partial charge in [0.25, 0.3) is 0 Å². The molecule has 0 N–H and O–H groups in total. The molecule has 29 heavy (non-hydrogen) atoms. The molecular formula is C24H36N2O3. The minimum atomic E-state index is -0.439. The lowest BCUT2D eigenvalue weighted by Crippen LogP contribution is -2.50. The second-order valence-corrected chi connectivity index (χ2v) is 8.35. The van der Waals surface area contributed by atoms with Gasteiger partial charge in [0, 0.05) is 30.9 Å². The van der Waals surface area contributed by atoms with E-state index in [0.717, 1.165) is 31.6 Å². The number of benzene rings is 1. The number of hydrogen-bond acceptors (Lipinski definition) is 4. The van der Waals surface area contributed by atoms with Crippen LogP contribution in [0.5, 0.6) is 0 Å². The van der Waals surface area contributed by atoms with Crippen LogP contribution >= 0.6 is 0 Å². The summed E-state index contributed by atoms with van der Waals surface area (Å²) in [6.45, 7) is 4.14. The predicted molar refractivity (Wildman–Crippen MR) is 116 cm³/mol. The summed E-state index contributed by atoms with van der Waals surface area (Å²) in [5.74, 6) is -0.593. The fourth-order valence-corrected chi connectivity index (χ4v) is 4.88. The second kappa shape index (κ2) is 11.3. The lowest BCUT2D eigenvalue weighted by atomic mass is 9.93. The molecule has 0 bridgehead atoms. The van der Waals surface area contributed by atoms with Crippen molar-refractivity contribution in [2.45, 2.75) is 83.2 Å². The lowest BCUT2D eigenvalue weighted by Gasteiger charge is -2.42. The fraction of sp³-hybridized carbons (Fsp3) is 0.667. The Morgan fingerprint density at radius 2 is 1.59 bits per heavy atom. The molecule has 160 valence electrons. The third kappa shape index (κ3) is 6.30. The van der Waals surface area contributed by atoms with Gasteiger partial charge in [-0.2, -0.15) is 0 Å². The molecule has 0 spiro atoms. The summed E-state index contributed by atoms with van der Waals surface area (Å²) >= 11 is 0. The number of ether oxygens (including phenoxy) is 1. The van der Waals surface area contributed by atoms with Gasteiger partial charge >= 0.3 is 5.97 Å². The van der Waals surface area contributed by atoms with Crippen LogP contribution in [0.4, 0.5) is 5.69 Å². The normalized spacial score (nSPS) is 19.9. The number of anilines is 1. The van der Waals surface area contributed by atoms with Crippen LogP contribution in [-0.2, 0) is 14.3 Å². The maximum Gasteiger partial charge on any atom is 0.315 e. The van der Waals surface area contributed by atoms with Crippen LogP contribution in [0.15, 0.2) is 30.3 Å². The van der Waals surface area contributed by atoms with E-state index in [1.54, 1.807) is 6.92 Å². The molecule has 2 aliphatic rings. The zero-order valence-electron chi connectivity index (χ0n) is 17.9. The summed E-state index contributed by atoms with van der Waals surface area (Å²) in [6, 6.07) is 10.6. The van der Waals surface area contributed by atoms with Crippen molar-refractivity contribution in [3.63, 3.8) is 0 Å². The number of carbonyl (C=O) groups is 2. The molecule has 1 saturated carbocycles. The Hall–Kier alpha value is -1.88. The fourth-order valence-electron chi connectivity index (χ4n) is 4.88. The topological polar surface area (TPSA) is 49.9 Å². The average molecular weight is 401 g/mol. The number of amides is 1. The molecule has 1 saturated heterocycles. The van der Waals surface area contributed by atoms with Crippen LogP contribution in [0.1, 0.15) is 71.1 Å². The van der Waals surface area contributed by atoms with E-state index in [-0.39, 0.29) is 18.4 Å². The number of rotatable bonds is 6. The van der Waals surface area contributed by atoms with Gasteiger partial charge in [-0.1, -0.05) is 50.3 Å². The Kier molecular flexibility index (Phi) is 8.53. The first-order chi connectivity index (χ1) is 14.2. The van der Waals surface area contributed by atoms with Crippen LogP contribution < -0.4 is 4.90 Å². The Bertz CT molecular complexity index is 633. The molecule has 0 unspecified atom stereocenters. The molecule has 1 amide bonds. The van der Waals surface area contributed by atoms with Crippen LogP contribution in [0.25, 0.3) is 0 Å². The summed E-state index contributed by atoms with van der Waals surface area (Å²) in [5.41, 5.74) is 0.881. The van der Waals surface area contributed by atoms with Gasteiger partial charge < -0.3 is 14.5 Å². The van der Waals surface area contributed by atoms with E-state index >= 15 is 0 Å². The molecule has 0 aromatic heterocycles. The summed E-state index contributed by atoms with van der Waals surface area (Å²) in [6.07, 6.45) is 11.2. The van der Waals surface area contributed by atoms with Crippen molar-refractivity contribution in [2.75, 3.05) is 24.6 Å². The first-order valence-electron chi connectivity index (χ1n) is 11.5. The van der Waals surface area contributed by atoms with Gasteiger partial charge in [-0.05, 0) is 44.7 Å². The SMILES string of the molecule is CCOC(=O)CC(=O)N(c1ccccc1)C1CCN(C2CCCCCCC2)CC1. The quantitative estimate of drug-likeness (QED) is 0.519. The maximum atomic E-state index is 13.0. The minimum Gasteiger partial charge on any atom is -0.466 e. The van der Waals surface area contributed by atoms with E-state index in [9.17, 15) is 9.59 Å². The zero-order chi connectivity index (χ0) is 20.5. The molecule has 2 fully saturated rings. The van der Waals surface area contributed by atoms with Crippen molar-refractivity contribution in [2.24, 2.45) is 0 Å². The standard InChI is InChI=1S/C24H36N2O3/c1-2-29-24(28)19-23(27)26(21-13-9-6-10-14-21)22-15-17-25(18-16-22)20-11-7-4-3-5-8-12-20/h6,9-10,13-14,20,22H,2-5,7-8,11-12,15-19H2,1H3. The number of para-hydroxylation sites is 1. The first-order valence-corrected chi connectivity index (χ1v) is 11.5. The largest absolute Gasteiger partial charge is 0.466 e. The van der Waals surface area contributed by atoms with Gasteiger partial charge in [0.05, 0.1) is 6.61 Å². The smallest absolute Gasteiger partial charge is 0.315 e. The van der Waals surface area contributed by atoms with Crippen LogP contribution in [0, 0.1) is 0 Å². The number of piperidine rings is 1. The van der Waals surface area contributed by atoms with Gasteiger partial charge in [0.15, 0.2) is 0 Å². The van der Waals surface area contributed by atoms with Crippen molar-refractivity contribution in [3.05, 3.63) is 30.3 Å². The Morgan fingerprint density at radius 3 is 2.21 bits per heavy atom. The first kappa shape index (κ1) is 21.8. The highest BCUT2D eigenvalue weighted by Crippen LogP contribution is 2.28. The number of hydrogen-bond donors (Lipinski definition) is 0. The molecule has 1 heterocycles. The van der Waals surface area contributed by atoms with Crippen molar-refractivity contribution in [3.8, 4) is 0 Å². The molecule has 1 aromatic carbocycles. The second-order valence-electron chi connectivity index (χ2n) is 8.35. The molecule has 5 heteroatoms. The summed E-state index contributed by atoms with van der Waals surface area (Å²) in [7, 11) is 0. The third-order valence-electron chi connectivity index (χ3n) is 6.36. The summed E-state index contributed by atoms with van der Waals surface area (Å²) in [4.78, 5) is 29.4. The molecule has 0 radical (unpaired) electrons. The van der Waals surface area contributed by atoms with E-state index in [0.29, 0.717) is 12.6 Å². The number of nitrogens with zero attached hydrogens (tertiary/aromatic N) is 2. The Labute approximate surface area is 175 Å². The van der Waals surface area contributed by atoms with Crippen molar-refractivity contribution < 1.29 is 14.3 Å². The highest BCUT2D eigenvalue weighted by Gasteiger charge is 2.32. The molecule has 1 aromatic rings. The van der Waals surface area contributed by atoms with E-state index in [1.165, 1.54) is 44.9 Å². The third-order valence-corrected chi connectivity index (χ3v) is 6.36. The monoisotopic (exact) mass is 400 g/mol. The van der Waals surface area contributed by atoms with E-state index < -0.39 is 5.97 Å². The Balaban J connectivity index is 1.64. The minimum absolute atomic E-state index is 0.143. The lowest BCUT2D eigenvalue weighted by molar-refractivity contribution is -0.145. The maximum absolute atomic E-state index is 13.0. The summed E-state index contributed by atoms with van der Waals surface area (Å²) in [5, 5.41) is 0. The molecule has 3 rings (SSSR count). The summed E-state index contributed by atoms with van der Waals surface area (Å²) < 4.78 is 5.01. The van der Waals surface area contributed by atoms with Gasteiger partial charge in [-0.15, -0.1) is 0 Å². The van der Waals surface area contributed by atoms with Crippen molar-refractivity contribution in [1.82, 2.24) is 4.90 Å². The van der Waals surface area contributed by atoms with Gasteiger partial charge in [-0.3, -0.25) is 9.59 Å². The highest BCUT2D eigenvalue weighted by atomic mass is 16.5. The van der Waals surface area contributed by atoms with E-state index in [4.69, 9.17) is 4.74 Å². The average Bonchev–Trinajstić information content (AvgIpc) is 2.70. The van der Waals surface area contributed by atoms with Gasteiger partial charge in [0.1, 0.15) is 6.42 Å². The van der Waals surface area contributed by atoms with Crippen LogP contribution in [0.2, 0.25) is 0 Å². The Morgan fingerprint density at radius 1 is 0.966 bits per heavy atom. The molecular weight excluding hydrogens is 364 g/mol. The molecule has 5 nitrogen and oxygen atoms in total. The molecule has 1 aliphatic heterocycles.